The summed E-state index contributed by atoms with van der Waals surface area (Å²) in [7, 11) is 0. The molecule has 0 N–H and O–H groups in total. The summed E-state index contributed by atoms with van der Waals surface area (Å²) in [4.78, 5) is 0. The third-order valence-electron chi connectivity index (χ3n) is 4.53. The molecule has 0 heterocycles. The monoisotopic (exact) mass is 255 g/mol. The molecule has 0 bridgehead atoms. The van der Waals surface area contributed by atoms with Crippen LogP contribution < -0.4 is 0 Å². The molecule has 0 aromatic heterocycles. The van der Waals surface area contributed by atoms with Crippen molar-refractivity contribution in [3.05, 3.63) is 34.9 Å². The van der Waals surface area contributed by atoms with Crippen LogP contribution >= 0.6 is 0 Å². The predicted octanol–water partition coefficient (Wildman–Crippen LogP) is 5.51. The number of hydrogen-bond donors (Lipinski definition) is 0. The average molecular weight is 255 g/mol. The van der Waals surface area contributed by atoms with Gasteiger partial charge in [0.1, 0.15) is 0 Å². The van der Waals surface area contributed by atoms with Crippen LogP contribution in [0.2, 0.25) is 0 Å². The molecule has 1 saturated carbocycles. The summed E-state index contributed by atoms with van der Waals surface area (Å²) in [6.45, 7) is 4.54. The van der Waals surface area contributed by atoms with Gasteiger partial charge in [0.05, 0.1) is 11.6 Å². The van der Waals surface area contributed by atoms with Crippen LogP contribution in [-0.2, 0) is 0 Å². The Morgan fingerprint density at radius 2 is 2.00 bits per heavy atom. The van der Waals surface area contributed by atoms with Crippen molar-refractivity contribution in [1.29, 1.82) is 5.26 Å². The van der Waals surface area contributed by atoms with E-state index < -0.39 is 0 Å². The Morgan fingerprint density at radius 1 is 1.26 bits per heavy atom. The van der Waals surface area contributed by atoms with Gasteiger partial charge in [-0.15, -0.1) is 0 Å². The second-order valence-corrected chi connectivity index (χ2v) is 5.98. The molecule has 19 heavy (non-hydrogen) atoms. The molecule has 0 spiro atoms. The van der Waals surface area contributed by atoms with E-state index in [1.54, 1.807) is 0 Å². The molecule has 2 rings (SSSR count). The lowest BCUT2D eigenvalue weighted by Gasteiger charge is -2.24. The molecular weight excluding hydrogens is 230 g/mol. The summed E-state index contributed by atoms with van der Waals surface area (Å²) < 4.78 is 0. The van der Waals surface area contributed by atoms with Crippen molar-refractivity contribution < 1.29 is 0 Å². The van der Waals surface area contributed by atoms with Crippen molar-refractivity contribution in [2.24, 2.45) is 0 Å². The molecule has 1 fully saturated rings. The minimum atomic E-state index is 0.611. The normalized spacial score (nSPS) is 17.9. The highest BCUT2D eigenvalue weighted by Gasteiger charge is 2.19. The Labute approximate surface area is 117 Å². The Hall–Kier alpha value is -1.29. The Kier molecular flexibility index (Phi) is 5.02. The van der Waals surface area contributed by atoms with Crippen LogP contribution in [0, 0.1) is 11.3 Å². The van der Waals surface area contributed by atoms with Crippen molar-refractivity contribution in [3.8, 4) is 6.07 Å². The van der Waals surface area contributed by atoms with Gasteiger partial charge >= 0.3 is 0 Å². The molecule has 1 aromatic carbocycles. The standard InChI is InChI=1S/C18H25N/c1-3-7-14(2)16-10-11-17(13-19)18(12-16)15-8-5-4-6-9-15/h10-12,14-15H,3-9H2,1-2H3. The first-order valence-electron chi connectivity index (χ1n) is 7.80. The third-order valence-corrected chi connectivity index (χ3v) is 4.53. The molecule has 1 aromatic rings. The quantitative estimate of drug-likeness (QED) is 0.696. The highest BCUT2D eigenvalue weighted by atomic mass is 14.3. The van der Waals surface area contributed by atoms with Gasteiger partial charge in [0.2, 0.25) is 0 Å². The fourth-order valence-corrected chi connectivity index (χ4v) is 3.34. The van der Waals surface area contributed by atoms with Gasteiger partial charge in [0.25, 0.3) is 0 Å². The van der Waals surface area contributed by atoms with Crippen LogP contribution in [0.3, 0.4) is 0 Å². The van der Waals surface area contributed by atoms with E-state index in [1.807, 2.05) is 6.07 Å². The van der Waals surface area contributed by atoms with E-state index in [0.29, 0.717) is 11.8 Å². The van der Waals surface area contributed by atoms with Gasteiger partial charge in [0, 0.05) is 0 Å². The van der Waals surface area contributed by atoms with Crippen LogP contribution in [0.15, 0.2) is 18.2 Å². The van der Waals surface area contributed by atoms with Crippen LogP contribution in [0.4, 0.5) is 0 Å². The maximum atomic E-state index is 9.33. The molecule has 1 atom stereocenters. The highest BCUT2D eigenvalue weighted by Crippen LogP contribution is 2.36. The second-order valence-electron chi connectivity index (χ2n) is 5.98. The van der Waals surface area contributed by atoms with E-state index in [1.165, 1.54) is 56.1 Å². The largest absolute Gasteiger partial charge is 0.192 e. The van der Waals surface area contributed by atoms with Crippen molar-refractivity contribution in [2.45, 2.75) is 70.6 Å². The van der Waals surface area contributed by atoms with Crippen molar-refractivity contribution in [3.63, 3.8) is 0 Å². The minimum absolute atomic E-state index is 0.611. The van der Waals surface area contributed by atoms with Crippen LogP contribution in [0.25, 0.3) is 0 Å². The Bertz CT molecular complexity index is 449. The minimum Gasteiger partial charge on any atom is -0.192 e. The zero-order chi connectivity index (χ0) is 13.7. The zero-order valence-electron chi connectivity index (χ0n) is 12.3. The maximum Gasteiger partial charge on any atom is 0.0994 e. The molecule has 1 nitrogen and oxygen atoms in total. The first-order chi connectivity index (χ1) is 9.26. The highest BCUT2D eigenvalue weighted by molar-refractivity contribution is 5.43. The summed E-state index contributed by atoms with van der Waals surface area (Å²) in [5, 5.41) is 9.33. The lowest BCUT2D eigenvalue weighted by Crippen LogP contribution is -2.07. The molecule has 0 aliphatic heterocycles. The molecular formula is C18H25N. The Balaban J connectivity index is 2.28. The zero-order valence-corrected chi connectivity index (χ0v) is 12.3. The lowest BCUT2D eigenvalue weighted by atomic mass is 9.80. The van der Waals surface area contributed by atoms with Gasteiger partial charge in [-0.05, 0) is 48.3 Å². The topological polar surface area (TPSA) is 23.8 Å². The number of nitriles is 1. The fraction of sp³-hybridized carbons (Fsp3) is 0.611. The van der Waals surface area contributed by atoms with Gasteiger partial charge in [0.15, 0.2) is 0 Å². The third kappa shape index (κ3) is 3.38. The van der Waals surface area contributed by atoms with E-state index in [-0.39, 0.29) is 0 Å². The summed E-state index contributed by atoms with van der Waals surface area (Å²) in [6.07, 6.45) is 9.00. The molecule has 1 aliphatic rings. The molecule has 0 radical (unpaired) electrons. The fourth-order valence-electron chi connectivity index (χ4n) is 3.34. The summed E-state index contributed by atoms with van der Waals surface area (Å²) in [6, 6.07) is 8.92. The number of rotatable bonds is 4. The van der Waals surface area contributed by atoms with Crippen LogP contribution in [-0.4, -0.2) is 0 Å². The molecule has 1 heteroatoms. The first-order valence-corrected chi connectivity index (χ1v) is 7.80. The van der Waals surface area contributed by atoms with Gasteiger partial charge in [-0.25, -0.2) is 0 Å². The molecule has 102 valence electrons. The average Bonchev–Trinajstić information content (AvgIpc) is 2.47. The van der Waals surface area contributed by atoms with Gasteiger partial charge < -0.3 is 0 Å². The smallest absolute Gasteiger partial charge is 0.0994 e. The van der Waals surface area contributed by atoms with Crippen molar-refractivity contribution >= 4 is 0 Å². The summed E-state index contributed by atoms with van der Waals surface area (Å²) >= 11 is 0. The maximum absolute atomic E-state index is 9.33. The van der Waals surface area contributed by atoms with Gasteiger partial charge in [-0.1, -0.05) is 51.7 Å². The van der Waals surface area contributed by atoms with E-state index in [0.717, 1.165) is 5.56 Å². The SMILES string of the molecule is CCCC(C)c1ccc(C#N)c(C2CCCCC2)c1. The van der Waals surface area contributed by atoms with E-state index in [2.05, 4.69) is 32.0 Å². The van der Waals surface area contributed by atoms with Crippen LogP contribution in [0.5, 0.6) is 0 Å². The van der Waals surface area contributed by atoms with E-state index >= 15 is 0 Å². The molecule has 0 saturated heterocycles. The summed E-state index contributed by atoms with van der Waals surface area (Å²) in [5.74, 6) is 1.23. The number of hydrogen-bond acceptors (Lipinski definition) is 1. The number of benzene rings is 1. The molecule has 1 unspecified atom stereocenters. The van der Waals surface area contributed by atoms with Gasteiger partial charge in [-0.2, -0.15) is 5.26 Å². The number of nitrogens with zero attached hydrogens (tertiary/aromatic N) is 1. The first kappa shape index (κ1) is 14.1. The predicted molar refractivity (Wildman–Crippen MR) is 80.3 cm³/mol. The van der Waals surface area contributed by atoms with E-state index in [9.17, 15) is 5.26 Å². The Morgan fingerprint density at radius 3 is 2.63 bits per heavy atom. The van der Waals surface area contributed by atoms with Crippen molar-refractivity contribution in [1.82, 2.24) is 0 Å². The lowest BCUT2D eigenvalue weighted by molar-refractivity contribution is 0.442. The molecule has 0 amide bonds. The van der Waals surface area contributed by atoms with Crippen LogP contribution in [0.1, 0.15) is 87.3 Å². The van der Waals surface area contributed by atoms with E-state index in [4.69, 9.17) is 0 Å². The van der Waals surface area contributed by atoms with Crippen molar-refractivity contribution in [2.75, 3.05) is 0 Å². The molecule has 1 aliphatic carbocycles. The second kappa shape index (κ2) is 6.75. The summed E-state index contributed by atoms with van der Waals surface area (Å²) in [5.41, 5.74) is 3.64. The van der Waals surface area contributed by atoms with Gasteiger partial charge in [-0.3, -0.25) is 0 Å².